The van der Waals surface area contributed by atoms with Gasteiger partial charge in [0.1, 0.15) is 5.52 Å². The summed E-state index contributed by atoms with van der Waals surface area (Å²) in [5.41, 5.74) is 3.53. The molecule has 140 valence electrons. The highest BCUT2D eigenvalue weighted by Gasteiger charge is 2.29. The molecule has 1 unspecified atom stereocenters. The lowest BCUT2D eigenvalue weighted by Crippen LogP contribution is -2.31. The third kappa shape index (κ3) is 4.01. The van der Waals surface area contributed by atoms with Gasteiger partial charge in [-0.3, -0.25) is 9.78 Å². The summed E-state index contributed by atoms with van der Waals surface area (Å²) in [5, 5.41) is 0. The smallest absolute Gasteiger partial charge is 0.289 e. The lowest BCUT2D eigenvalue weighted by atomic mass is 10.1. The molecule has 4 heterocycles. The van der Waals surface area contributed by atoms with Crippen LogP contribution in [-0.4, -0.2) is 52.4 Å². The number of nitrogens with zero attached hydrogens (tertiary/aromatic N) is 4. The van der Waals surface area contributed by atoms with Gasteiger partial charge >= 0.3 is 0 Å². The summed E-state index contributed by atoms with van der Waals surface area (Å²) < 4.78 is 5.72. The summed E-state index contributed by atoms with van der Waals surface area (Å²) in [6.45, 7) is 5.29. The molecule has 1 saturated heterocycles. The Bertz CT molecular complexity index is 938. The summed E-state index contributed by atoms with van der Waals surface area (Å²) in [7, 11) is 2.12. The zero-order valence-corrected chi connectivity index (χ0v) is 15.8. The Morgan fingerprint density at radius 3 is 3.07 bits per heavy atom. The van der Waals surface area contributed by atoms with Crippen molar-refractivity contribution in [1.82, 2.24) is 19.8 Å². The summed E-state index contributed by atoms with van der Waals surface area (Å²) in [6.07, 6.45) is 4.71. The van der Waals surface area contributed by atoms with E-state index in [1.165, 1.54) is 5.56 Å². The molecule has 6 nitrogen and oxygen atoms in total. The van der Waals surface area contributed by atoms with Crippen molar-refractivity contribution in [2.24, 2.45) is 5.92 Å². The van der Waals surface area contributed by atoms with Gasteiger partial charge in [-0.1, -0.05) is 6.07 Å². The van der Waals surface area contributed by atoms with Crippen molar-refractivity contribution < 1.29 is 9.21 Å². The maximum atomic E-state index is 12.8. The second-order valence-corrected chi connectivity index (χ2v) is 7.41. The van der Waals surface area contributed by atoms with Crippen LogP contribution in [0.25, 0.3) is 11.1 Å². The zero-order valence-electron chi connectivity index (χ0n) is 15.8. The Morgan fingerprint density at radius 2 is 2.26 bits per heavy atom. The Balaban J connectivity index is 1.36. The predicted molar refractivity (Wildman–Crippen MR) is 103 cm³/mol. The van der Waals surface area contributed by atoms with Gasteiger partial charge in [-0.2, -0.15) is 0 Å². The molecule has 0 radical (unpaired) electrons. The number of fused-ring (bicyclic) bond motifs is 1. The molecule has 3 aromatic heterocycles. The highest BCUT2D eigenvalue weighted by atomic mass is 16.3. The van der Waals surface area contributed by atoms with Gasteiger partial charge in [0.05, 0.1) is 0 Å². The highest BCUT2D eigenvalue weighted by Crippen LogP contribution is 2.23. The third-order valence-corrected chi connectivity index (χ3v) is 5.04. The molecule has 1 fully saturated rings. The fourth-order valence-electron chi connectivity index (χ4n) is 3.76. The first-order valence-corrected chi connectivity index (χ1v) is 9.32. The normalized spacial score (nSPS) is 17.1. The van der Waals surface area contributed by atoms with E-state index in [1.807, 2.05) is 36.2 Å². The number of carbonyl (C=O) groups is 1. The van der Waals surface area contributed by atoms with E-state index in [9.17, 15) is 4.79 Å². The molecule has 0 aliphatic carbocycles. The average Bonchev–Trinajstić information content (AvgIpc) is 3.28. The van der Waals surface area contributed by atoms with Crippen molar-refractivity contribution in [2.45, 2.75) is 19.9 Å². The number of furan rings is 1. The van der Waals surface area contributed by atoms with Crippen molar-refractivity contribution in [3.05, 3.63) is 59.7 Å². The van der Waals surface area contributed by atoms with Crippen molar-refractivity contribution in [2.75, 3.05) is 26.7 Å². The second kappa shape index (κ2) is 7.48. The predicted octanol–water partition coefficient (Wildman–Crippen LogP) is 3.13. The van der Waals surface area contributed by atoms with E-state index in [1.54, 1.807) is 12.3 Å². The number of rotatable bonds is 5. The van der Waals surface area contributed by atoms with Crippen molar-refractivity contribution in [3.8, 4) is 0 Å². The van der Waals surface area contributed by atoms with E-state index < -0.39 is 0 Å². The van der Waals surface area contributed by atoms with Gasteiger partial charge in [-0.05, 0) is 50.1 Å². The van der Waals surface area contributed by atoms with E-state index in [0.29, 0.717) is 17.3 Å². The van der Waals surface area contributed by atoms with Crippen LogP contribution in [0.1, 0.15) is 28.2 Å². The van der Waals surface area contributed by atoms with E-state index in [4.69, 9.17) is 4.42 Å². The minimum absolute atomic E-state index is 0.0388. The Kier molecular flexibility index (Phi) is 4.90. The second-order valence-electron chi connectivity index (χ2n) is 7.41. The van der Waals surface area contributed by atoms with Gasteiger partial charge < -0.3 is 14.2 Å². The zero-order chi connectivity index (χ0) is 18.8. The molecular weight excluding hydrogens is 340 g/mol. The molecule has 3 aromatic rings. The van der Waals surface area contributed by atoms with Crippen molar-refractivity contribution in [3.63, 3.8) is 0 Å². The van der Waals surface area contributed by atoms with Crippen molar-refractivity contribution >= 4 is 17.0 Å². The first-order chi connectivity index (χ1) is 13.1. The number of amides is 1. The largest absolute Gasteiger partial charge is 0.449 e. The molecular formula is C21H24N4O2. The van der Waals surface area contributed by atoms with Crippen LogP contribution in [0.15, 0.2) is 47.1 Å². The first-order valence-electron chi connectivity index (χ1n) is 9.32. The Hall–Kier alpha value is -2.73. The molecule has 1 aliphatic rings. The van der Waals surface area contributed by atoms with Crippen LogP contribution in [0, 0.1) is 12.8 Å². The lowest BCUT2D eigenvalue weighted by molar-refractivity contribution is 0.0755. The maximum absolute atomic E-state index is 12.8. The molecule has 1 atom stereocenters. The molecule has 1 amide bonds. The van der Waals surface area contributed by atoms with Crippen LogP contribution in [0.3, 0.4) is 0 Å². The van der Waals surface area contributed by atoms with Crippen LogP contribution in [0.5, 0.6) is 0 Å². The molecule has 0 aromatic carbocycles. The highest BCUT2D eigenvalue weighted by molar-refractivity contribution is 5.95. The van der Waals surface area contributed by atoms with Crippen LogP contribution < -0.4 is 0 Å². The summed E-state index contributed by atoms with van der Waals surface area (Å²) in [6, 6.07) is 9.57. The molecule has 6 heteroatoms. The molecule has 0 saturated carbocycles. The van der Waals surface area contributed by atoms with Gasteiger partial charge in [0, 0.05) is 50.3 Å². The molecule has 0 spiro atoms. The van der Waals surface area contributed by atoms with E-state index >= 15 is 0 Å². The van der Waals surface area contributed by atoms with Gasteiger partial charge in [-0.25, -0.2) is 4.98 Å². The first kappa shape index (κ1) is 17.7. The number of hydrogen-bond donors (Lipinski definition) is 0. The number of pyridine rings is 2. The van der Waals surface area contributed by atoms with Crippen LogP contribution >= 0.6 is 0 Å². The maximum Gasteiger partial charge on any atom is 0.289 e. The minimum atomic E-state index is -0.0388. The third-order valence-electron chi connectivity index (χ3n) is 5.04. The fraction of sp³-hybridized carbons (Fsp3) is 0.381. The summed E-state index contributed by atoms with van der Waals surface area (Å²) in [5.74, 6) is 0.816. The fourth-order valence-corrected chi connectivity index (χ4v) is 3.76. The van der Waals surface area contributed by atoms with Crippen LogP contribution in [0.4, 0.5) is 0 Å². The average molecular weight is 364 g/mol. The van der Waals surface area contributed by atoms with Crippen molar-refractivity contribution in [1.29, 1.82) is 0 Å². The molecule has 0 N–H and O–H groups in total. The Labute approximate surface area is 158 Å². The van der Waals surface area contributed by atoms with Gasteiger partial charge in [-0.15, -0.1) is 0 Å². The summed E-state index contributed by atoms with van der Waals surface area (Å²) in [4.78, 5) is 25.6. The van der Waals surface area contributed by atoms with E-state index in [2.05, 4.69) is 28.0 Å². The number of likely N-dealkylation sites (tertiary alicyclic amines) is 1. The van der Waals surface area contributed by atoms with Crippen LogP contribution in [0.2, 0.25) is 0 Å². The summed E-state index contributed by atoms with van der Waals surface area (Å²) >= 11 is 0. The number of carbonyl (C=O) groups excluding carboxylic acids is 1. The number of aryl methyl sites for hydroxylation is 1. The lowest BCUT2D eigenvalue weighted by Gasteiger charge is -2.21. The number of aromatic nitrogens is 2. The van der Waals surface area contributed by atoms with Gasteiger partial charge in [0.2, 0.25) is 0 Å². The molecule has 1 aliphatic heterocycles. The SMILES string of the molecule is Cc1ccc2oc(C(=O)N3CCC(CN(C)Cc4cccnc4)C3)cc2n1. The van der Waals surface area contributed by atoms with Gasteiger partial charge in [0.25, 0.3) is 5.91 Å². The van der Waals surface area contributed by atoms with Gasteiger partial charge in [0.15, 0.2) is 11.3 Å². The van der Waals surface area contributed by atoms with E-state index in [-0.39, 0.29) is 5.91 Å². The van der Waals surface area contributed by atoms with Crippen LogP contribution in [-0.2, 0) is 6.54 Å². The topological polar surface area (TPSA) is 62.5 Å². The van der Waals surface area contributed by atoms with E-state index in [0.717, 1.165) is 43.8 Å². The molecule has 0 bridgehead atoms. The monoisotopic (exact) mass is 364 g/mol. The Morgan fingerprint density at radius 1 is 1.37 bits per heavy atom. The standard InChI is InChI=1S/C21H24N4O2/c1-15-5-6-19-18(23-15)10-20(27-19)21(26)25-9-7-17(14-25)13-24(2)12-16-4-3-8-22-11-16/h3-6,8,10-11,17H,7,9,12-14H2,1-2H3. The molecule has 4 rings (SSSR count). The molecule has 27 heavy (non-hydrogen) atoms. The number of hydrogen-bond acceptors (Lipinski definition) is 5. The minimum Gasteiger partial charge on any atom is -0.449 e. The quantitative estimate of drug-likeness (QED) is 0.696.